The number of hydrogen-bond acceptors (Lipinski definition) is 8. The number of hydrogen-bond donors (Lipinski definition) is 8. The third-order valence-corrected chi connectivity index (χ3v) is 25.2. The molecule has 0 fully saturated rings. The Morgan fingerprint density at radius 1 is 0.232 bits per heavy atom. The highest BCUT2D eigenvalue weighted by molar-refractivity contribution is 7.57. The van der Waals surface area contributed by atoms with Crippen molar-refractivity contribution in [3.05, 3.63) is 332 Å². The third-order valence-electron chi connectivity index (χ3n) is 19.6. The lowest BCUT2D eigenvalue weighted by Gasteiger charge is -2.27. The molecule has 0 aromatic heterocycles. The fourth-order valence-corrected chi connectivity index (χ4v) is 18.4. The van der Waals surface area contributed by atoms with E-state index < -0.39 is 0 Å². The fourth-order valence-electron chi connectivity index (χ4n) is 13.1. The zero-order valence-electron chi connectivity index (χ0n) is 69.7. The Balaban J connectivity index is 0.000000172. The molecule has 4 atom stereocenters. The summed E-state index contributed by atoms with van der Waals surface area (Å²) in [6, 6.07) is 84.6. The lowest BCUT2D eigenvalue weighted by atomic mass is 9.80. The first kappa shape index (κ1) is 86.7. The van der Waals surface area contributed by atoms with E-state index in [0.717, 1.165) is 92.4 Å². The molecule has 0 bridgehead atoms. The summed E-state index contributed by atoms with van der Waals surface area (Å²) in [6.07, 6.45) is 0. The Bertz CT molecular complexity index is 5020. The molecule has 0 saturated carbocycles. The highest BCUT2D eigenvalue weighted by Crippen LogP contribution is 2.39. The van der Waals surface area contributed by atoms with Crippen molar-refractivity contribution in [2.45, 2.75) is 186 Å². The highest BCUT2D eigenvalue weighted by atomic mass is 31.1. The molecule has 12 rings (SSSR count). The smallest absolute Gasteiger partial charge is 0.127 e. The third kappa shape index (κ3) is 25.4. The Labute approximate surface area is 677 Å². The topological polar surface area (TPSA) is 129 Å². The highest BCUT2D eigenvalue weighted by Gasteiger charge is 2.27. The summed E-state index contributed by atoms with van der Waals surface area (Å²) in [4.78, 5) is 0. The number of benzene rings is 12. The molecular formula is C100H120N4O4P4. The van der Waals surface area contributed by atoms with Gasteiger partial charge in [0, 0.05) is 81.3 Å². The molecule has 0 saturated heterocycles. The fraction of sp³-hybridized carbons (Fsp3) is 0.280. The second kappa shape index (κ2) is 39.0. The quantitative estimate of drug-likeness (QED) is 0.0355. The van der Waals surface area contributed by atoms with Crippen LogP contribution in [0.2, 0.25) is 0 Å². The summed E-state index contributed by atoms with van der Waals surface area (Å²) in [5.41, 5.74) is 23.3. The second-order valence-electron chi connectivity index (χ2n) is 33.8. The van der Waals surface area contributed by atoms with Crippen molar-refractivity contribution in [3.63, 3.8) is 0 Å². The van der Waals surface area contributed by atoms with Crippen LogP contribution in [-0.2, 0) is 47.8 Å². The van der Waals surface area contributed by atoms with Crippen molar-refractivity contribution in [1.29, 1.82) is 0 Å². The van der Waals surface area contributed by atoms with Crippen LogP contribution < -0.4 is 63.7 Å². The number of para-hydroxylation sites is 4. The largest absolute Gasteiger partial charge is 0.507 e. The minimum atomic E-state index is -0.116. The molecule has 0 aliphatic heterocycles. The van der Waals surface area contributed by atoms with Gasteiger partial charge in [0.2, 0.25) is 0 Å². The van der Waals surface area contributed by atoms with Crippen molar-refractivity contribution in [2.24, 2.45) is 0 Å². The molecule has 4 unspecified atom stereocenters. The molecule has 0 aliphatic rings. The van der Waals surface area contributed by atoms with Gasteiger partial charge >= 0.3 is 0 Å². The van der Waals surface area contributed by atoms with Gasteiger partial charge in [-0.3, -0.25) is 0 Å². The molecule has 0 amide bonds. The van der Waals surface area contributed by atoms with Crippen molar-refractivity contribution < 1.29 is 20.4 Å². The minimum absolute atomic E-state index is 0.0257. The maximum Gasteiger partial charge on any atom is 0.127 e. The molecule has 12 aromatic carbocycles. The number of aryl methyl sites for hydroxylation is 8. The van der Waals surface area contributed by atoms with Gasteiger partial charge in [-0.25, -0.2) is 0 Å². The zero-order chi connectivity index (χ0) is 81.2. The molecule has 12 heteroatoms. The Kier molecular flexibility index (Phi) is 30.2. The summed E-state index contributed by atoms with van der Waals surface area (Å²) < 4.78 is 0. The van der Waals surface area contributed by atoms with Crippen LogP contribution in [-0.4, -0.2) is 20.4 Å². The number of phenolic OH excluding ortho intramolecular Hbond substituents is 4. The number of phenols is 4. The summed E-state index contributed by atoms with van der Waals surface area (Å²) in [5.74, 6) is 1.74. The molecule has 8 N–H and O–H groups in total. The van der Waals surface area contributed by atoms with Gasteiger partial charge in [-0.1, -0.05) is 310 Å². The number of aromatic hydroxyl groups is 4. The second-order valence-corrected chi connectivity index (χ2v) is 39.1. The zero-order valence-corrected chi connectivity index (χ0v) is 73.7. The number of nitrogens with one attached hydrogen (secondary N) is 4. The van der Waals surface area contributed by atoms with Crippen LogP contribution in [0.5, 0.6) is 23.0 Å². The molecule has 0 aliphatic carbocycles. The van der Waals surface area contributed by atoms with Gasteiger partial charge in [-0.15, -0.1) is 0 Å². The van der Waals surface area contributed by atoms with E-state index in [1.807, 2.05) is 92.7 Å². The normalized spacial score (nSPS) is 11.9. The molecule has 584 valence electrons. The Morgan fingerprint density at radius 3 is 0.777 bits per heavy atom. The SMILES string of the molecule is Cc1ccc(Pc2cc(C(C)(C)C)cc(C(C)(C)C)c2O)c(CNc2ccccc2)c1.Cc1ccc(Pc2cc(C(C)(C)C)cc(C)c2O)c(CNc2ccccc2)c1.Cc1ccc(Pc2cc(C)cc(C(C)(C)C)c2O)c(CNc2ccccc2)c1.Cc1ccc(Pc2cc(C)cc(C)c2O)c(CNc2ccccc2)c1. The van der Waals surface area contributed by atoms with Crippen LogP contribution in [0.1, 0.15) is 172 Å². The average Bonchev–Trinajstić information content (AvgIpc) is 0.781. The van der Waals surface area contributed by atoms with E-state index in [1.165, 1.54) is 88.0 Å². The van der Waals surface area contributed by atoms with Crippen LogP contribution >= 0.6 is 34.3 Å². The van der Waals surface area contributed by atoms with E-state index in [2.05, 4.69) is 310 Å². The lowest BCUT2D eigenvalue weighted by Crippen LogP contribution is -2.21. The van der Waals surface area contributed by atoms with Crippen molar-refractivity contribution >= 4 is 99.5 Å². The summed E-state index contributed by atoms with van der Waals surface area (Å²) in [7, 11) is 1.68. The predicted molar refractivity (Wildman–Crippen MR) is 496 cm³/mol. The molecule has 12 aromatic rings. The standard InChI is InChI=1S/C28H36NOP.2C25H30NOP.C22H24NOP/c1-19-13-14-24(20(15-19)18-29-22-11-9-8-10-12-22)31-25-17-21(27(2,3)4)16-23(26(25)30)28(5,6)7;1-17-11-12-22(19(13-17)16-26-21-9-7-6-8-10-21)28-23-15-20(25(3,4)5)14-18(2)24(23)27;1-17-11-12-22(19(13-17)16-26-20-9-7-6-8-10-20)28-23-15-18(2)14-21(24(23)27)25(3,4)5;1-15-9-10-20(25-21-13-16(2)11-17(3)22(21)24)18(12-15)14-23-19-7-5-4-6-8-19/h8-17,29-31H,18H2,1-7H3;2*6-15,26-28H,16H2,1-5H3;4-13,23-25H,14H2,1-3H3. The van der Waals surface area contributed by atoms with E-state index in [1.54, 1.807) is 0 Å². The molecule has 0 heterocycles. The van der Waals surface area contributed by atoms with Gasteiger partial charge in [0.25, 0.3) is 0 Å². The first-order chi connectivity index (χ1) is 52.9. The van der Waals surface area contributed by atoms with Gasteiger partial charge in [-0.05, 0) is 227 Å². The van der Waals surface area contributed by atoms with Gasteiger partial charge in [0.15, 0.2) is 0 Å². The average molecular weight is 1570 g/mol. The molecular weight excluding hydrogens is 1450 g/mol. The van der Waals surface area contributed by atoms with Crippen molar-refractivity contribution in [3.8, 4) is 23.0 Å². The van der Waals surface area contributed by atoms with Crippen LogP contribution in [0.4, 0.5) is 22.7 Å². The van der Waals surface area contributed by atoms with Crippen LogP contribution in [0, 0.1) is 55.4 Å². The van der Waals surface area contributed by atoms with E-state index >= 15 is 0 Å². The van der Waals surface area contributed by atoms with Gasteiger partial charge in [-0.2, -0.15) is 0 Å². The maximum absolute atomic E-state index is 11.2. The minimum Gasteiger partial charge on any atom is -0.507 e. The molecule has 112 heavy (non-hydrogen) atoms. The monoisotopic (exact) mass is 1560 g/mol. The summed E-state index contributed by atoms with van der Waals surface area (Å²) >= 11 is 0. The number of rotatable bonds is 20. The Hall–Kier alpha value is -9.24. The van der Waals surface area contributed by atoms with E-state index in [0.29, 0.717) is 57.3 Å². The van der Waals surface area contributed by atoms with E-state index in [4.69, 9.17) is 0 Å². The van der Waals surface area contributed by atoms with Gasteiger partial charge in [0.1, 0.15) is 23.0 Å². The van der Waals surface area contributed by atoms with Crippen LogP contribution in [0.15, 0.2) is 243 Å². The maximum atomic E-state index is 11.2. The first-order valence-corrected chi connectivity index (χ1v) is 42.9. The van der Waals surface area contributed by atoms with Crippen molar-refractivity contribution in [1.82, 2.24) is 0 Å². The summed E-state index contributed by atoms with van der Waals surface area (Å²) in [6.45, 7) is 46.0. The van der Waals surface area contributed by atoms with Gasteiger partial charge < -0.3 is 41.7 Å². The lowest BCUT2D eigenvalue weighted by molar-refractivity contribution is 0.448. The predicted octanol–water partition coefficient (Wildman–Crippen LogP) is 22.2. The molecule has 8 nitrogen and oxygen atoms in total. The van der Waals surface area contributed by atoms with E-state index in [9.17, 15) is 20.4 Å². The summed E-state index contributed by atoms with van der Waals surface area (Å²) in [5, 5.41) is 66.6. The van der Waals surface area contributed by atoms with Crippen LogP contribution in [0.3, 0.4) is 0 Å². The van der Waals surface area contributed by atoms with Gasteiger partial charge in [0.05, 0.1) is 0 Å². The Morgan fingerprint density at radius 2 is 0.482 bits per heavy atom. The van der Waals surface area contributed by atoms with Crippen LogP contribution in [0.25, 0.3) is 0 Å². The number of anilines is 4. The van der Waals surface area contributed by atoms with Crippen molar-refractivity contribution in [2.75, 3.05) is 21.3 Å². The first-order valence-electron chi connectivity index (χ1n) is 38.9. The molecule has 0 radical (unpaired) electrons. The van der Waals surface area contributed by atoms with E-state index in [-0.39, 0.29) is 21.7 Å². The molecule has 0 spiro atoms.